The fourth-order valence-corrected chi connectivity index (χ4v) is 8.62. The highest BCUT2D eigenvalue weighted by Gasteiger charge is 2.49. The molecule has 0 bridgehead atoms. The van der Waals surface area contributed by atoms with E-state index in [1.165, 1.54) is 29.2 Å². The van der Waals surface area contributed by atoms with Gasteiger partial charge in [-0.2, -0.15) is 0 Å². The first-order valence-electron chi connectivity index (χ1n) is 23.2. The number of hydrogen-bond donors (Lipinski definition) is 6. The molecule has 0 spiro atoms. The van der Waals surface area contributed by atoms with Gasteiger partial charge in [-0.15, -0.1) is 0 Å². The SMILES string of the molecule is CCCCCCCCC(=O)N[C@](O)(CNC(=O)c1ccc(C(=O)N2C[C@@H](C(=O)N[C@H]3C[C@@H]3c3ccccc3)[C@H](C(=O)N[C@H]3C[C@@H]3c3ccccc3)C2)cc1)C(=O)NCCCCCC. The topological polar surface area (TPSA) is 186 Å². The summed E-state index contributed by atoms with van der Waals surface area (Å²) in [6, 6.07) is 25.8. The molecule has 13 nitrogen and oxygen atoms in total. The number of likely N-dealkylation sites (tertiary alicyclic amines) is 1. The molecule has 2 saturated carbocycles. The van der Waals surface area contributed by atoms with Crippen molar-refractivity contribution in [2.24, 2.45) is 11.8 Å². The van der Waals surface area contributed by atoms with Crippen LogP contribution < -0.4 is 26.6 Å². The van der Waals surface area contributed by atoms with Crippen LogP contribution in [0.4, 0.5) is 0 Å². The molecule has 6 N–H and O–H groups in total. The summed E-state index contributed by atoms with van der Waals surface area (Å²) in [4.78, 5) is 82.8. The zero-order valence-corrected chi connectivity index (χ0v) is 36.9. The van der Waals surface area contributed by atoms with Crippen LogP contribution in [-0.4, -0.2) is 89.4 Å². The van der Waals surface area contributed by atoms with E-state index < -0.39 is 41.8 Å². The first kappa shape index (κ1) is 46.9. The van der Waals surface area contributed by atoms with Crippen LogP contribution >= 0.6 is 0 Å². The number of amides is 6. The maximum Gasteiger partial charge on any atom is 0.275 e. The zero-order chi connectivity index (χ0) is 44.8. The molecule has 3 aromatic carbocycles. The third kappa shape index (κ3) is 13.2. The van der Waals surface area contributed by atoms with Gasteiger partial charge in [0.25, 0.3) is 17.7 Å². The number of unbranched alkanes of at least 4 members (excludes halogenated alkanes) is 8. The minimum Gasteiger partial charge on any atom is -0.362 e. The van der Waals surface area contributed by atoms with Gasteiger partial charge in [-0.1, -0.05) is 126 Å². The lowest BCUT2D eigenvalue weighted by Crippen LogP contribution is -2.64. The second-order valence-corrected chi connectivity index (χ2v) is 17.7. The van der Waals surface area contributed by atoms with Gasteiger partial charge in [-0.25, -0.2) is 0 Å². The normalized spacial score (nSPS) is 22.0. The van der Waals surface area contributed by atoms with Crippen LogP contribution in [0, 0.1) is 11.8 Å². The summed E-state index contributed by atoms with van der Waals surface area (Å²) in [5.41, 5.74) is 0.362. The van der Waals surface area contributed by atoms with Crippen molar-refractivity contribution in [1.82, 2.24) is 31.5 Å². The molecule has 6 rings (SSSR count). The molecule has 0 aromatic heterocycles. The Morgan fingerprint density at radius 1 is 0.619 bits per heavy atom. The fraction of sp³-hybridized carbons (Fsp3) is 0.520. The Bertz CT molecular complexity index is 1940. The molecule has 3 aliphatic rings. The molecule has 6 amide bonds. The van der Waals surface area contributed by atoms with E-state index in [-0.39, 0.29) is 72.3 Å². The Balaban J connectivity index is 1.07. The highest BCUT2D eigenvalue weighted by molar-refractivity contribution is 5.99. The van der Waals surface area contributed by atoms with E-state index in [0.717, 1.165) is 75.3 Å². The van der Waals surface area contributed by atoms with Crippen LogP contribution in [0.3, 0.4) is 0 Å². The minimum absolute atomic E-state index is 0.0414. The highest BCUT2D eigenvalue weighted by Crippen LogP contribution is 2.42. The first-order valence-corrected chi connectivity index (χ1v) is 23.2. The molecule has 0 radical (unpaired) electrons. The second kappa shape index (κ2) is 22.7. The number of rotatable bonds is 24. The molecule has 1 heterocycles. The molecule has 1 saturated heterocycles. The van der Waals surface area contributed by atoms with E-state index in [1.807, 2.05) is 60.7 Å². The standard InChI is InChI=1S/C50H66N6O7/c1-3-5-7-9-10-17-23-44(57)55-50(63,49(62)51-28-18-8-6-4-2)33-52-45(58)36-24-26-37(27-25-36)48(61)56-31-40(46(59)53-42-29-38(42)34-19-13-11-14-20-34)41(32-56)47(60)54-43-30-39(43)35-21-15-12-16-22-35/h11-16,19-22,24-27,38-43,63H,3-10,17-18,23,28-33H2,1-2H3,(H,51,62)(H,52,58)(H,53,59)(H,54,60)(H,55,57)/t38-,39-,40-,41-,42+,43+,50+/m1/s1. The van der Waals surface area contributed by atoms with E-state index in [1.54, 1.807) is 0 Å². The van der Waals surface area contributed by atoms with Gasteiger partial charge in [0.05, 0.1) is 18.4 Å². The van der Waals surface area contributed by atoms with Crippen LogP contribution in [0.15, 0.2) is 84.9 Å². The Hall–Kier alpha value is -5.56. The Morgan fingerprint density at radius 3 is 1.65 bits per heavy atom. The second-order valence-electron chi connectivity index (χ2n) is 17.7. The molecule has 7 atom stereocenters. The monoisotopic (exact) mass is 862 g/mol. The van der Waals surface area contributed by atoms with Crippen molar-refractivity contribution in [3.8, 4) is 0 Å². The molecule has 63 heavy (non-hydrogen) atoms. The van der Waals surface area contributed by atoms with Gasteiger partial charge in [-0.05, 0) is 61.1 Å². The van der Waals surface area contributed by atoms with Crippen LogP contribution in [-0.2, 0) is 19.2 Å². The third-order valence-electron chi connectivity index (χ3n) is 12.7. The lowest BCUT2D eigenvalue weighted by Gasteiger charge is -2.28. The maximum atomic E-state index is 14.0. The van der Waals surface area contributed by atoms with Gasteiger partial charge in [0.2, 0.25) is 23.4 Å². The summed E-state index contributed by atoms with van der Waals surface area (Å²) in [6.07, 6.45) is 11.2. The number of carbonyl (C=O) groups is 6. The van der Waals surface area contributed by atoms with Crippen LogP contribution in [0.2, 0.25) is 0 Å². The van der Waals surface area contributed by atoms with Crippen molar-refractivity contribution < 1.29 is 33.9 Å². The molecule has 0 unspecified atom stereocenters. The van der Waals surface area contributed by atoms with Crippen molar-refractivity contribution in [2.75, 3.05) is 26.2 Å². The lowest BCUT2D eigenvalue weighted by atomic mass is 9.94. The van der Waals surface area contributed by atoms with Crippen molar-refractivity contribution in [3.63, 3.8) is 0 Å². The number of benzene rings is 3. The molecule has 13 heteroatoms. The Labute approximate surface area is 371 Å². The molecular weight excluding hydrogens is 797 g/mol. The van der Waals surface area contributed by atoms with E-state index in [0.29, 0.717) is 19.4 Å². The predicted octanol–water partition coefficient (Wildman–Crippen LogP) is 5.70. The molecule has 3 fully saturated rings. The predicted molar refractivity (Wildman–Crippen MR) is 241 cm³/mol. The van der Waals surface area contributed by atoms with E-state index in [9.17, 15) is 33.9 Å². The number of hydrogen-bond acceptors (Lipinski definition) is 7. The summed E-state index contributed by atoms with van der Waals surface area (Å²) in [5, 5.41) is 25.5. The fourth-order valence-electron chi connectivity index (χ4n) is 8.62. The van der Waals surface area contributed by atoms with E-state index >= 15 is 0 Å². The van der Waals surface area contributed by atoms with Crippen LogP contribution in [0.5, 0.6) is 0 Å². The van der Waals surface area contributed by atoms with Crippen molar-refractivity contribution >= 4 is 35.4 Å². The van der Waals surface area contributed by atoms with Crippen molar-refractivity contribution in [2.45, 2.75) is 127 Å². The van der Waals surface area contributed by atoms with Gasteiger partial charge in [0.15, 0.2) is 0 Å². The largest absolute Gasteiger partial charge is 0.362 e. The minimum atomic E-state index is -2.37. The molecule has 3 aromatic rings. The van der Waals surface area contributed by atoms with Crippen molar-refractivity contribution in [3.05, 3.63) is 107 Å². The first-order chi connectivity index (χ1) is 30.5. The van der Waals surface area contributed by atoms with Gasteiger partial charge in [-0.3, -0.25) is 28.8 Å². The number of carbonyl (C=O) groups excluding carboxylic acids is 6. The van der Waals surface area contributed by atoms with Gasteiger partial charge >= 0.3 is 0 Å². The average Bonchev–Trinajstić information content (AvgIpc) is 4.21. The summed E-state index contributed by atoms with van der Waals surface area (Å²) in [6.45, 7) is 4.08. The van der Waals surface area contributed by atoms with Gasteiger partial charge in [0.1, 0.15) is 0 Å². The highest BCUT2D eigenvalue weighted by atomic mass is 16.3. The van der Waals surface area contributed by atoms with Gasteiger partial charge in [0, 0.05) is 61.1 Å². The smallest absolute Gasteiger partial charge is 0.275 e. The summed E-state index contributed by atoms with van der Waals surface area (Å²) in [5.74, 6) is -3.87. The average molecular weight is 863 g/mol. The number of nitrogens with one attached hydrogen (secondary N) is 5. The summed E-state index contributed by atoms with van der Waals surface area (Å²) in [7, 11) is 0. The molecule has 338 valence electrons. The molecular formula is C50H66N6O7. The van der Waals surface area contributed by atoms with Crippen molar-refractivity contribution in [1.29, 1.82) is 0 Å². The number of nitrogens with zero attached hydrogens (tertiary/aromatic N) is 1. The van der Waals surface area contributed by atoms with E-state index in [2.05, 4.69) is 40.4 Å². The quantitative estimate of drug-likeness (QED) is 0.0493. The summed E-state index contributed by atoms with van der Waals surface area (Å²) >= 11 is 0. The molecule has 1 aliphatic heterocycles. The van der Waals surface area contributed by atoms with Crippen LogP contribution in [0.1, 0.15) is 141 Å². The Morgan fingerprint density at radius 2 is 1.11 bits per heavy atom. The Kier molecular flexibility index (Phi) is 16.9. The maximum absolute atomic E-state index is 14.0. The zero-order valence-electron chi connectivity index (χ0n) is 36.9. The van der Waals surface area contributed by atoms with E-state index in [4.69, 9.17) is 0 Å². The third-order valence-corrected chi connectivity index (χ3v) is 12.7. The lowest BCUT2D eigenvalue weighted by molar-refractivity contribution is -0.148. The van der Waals surface area contributed by atoms with Gasteiger partial charge < -0.3 is 36.6 Å². The van der Waals surface area contributed by atoms with Crippen LogP contribution in [0.25, 0.3) is 0 Å². The summed E-state index contributed by atoms with van der Waals surface area (Å²) < 4.78 is 0. The molecule has 2 aliphatic carbocycles. The number of aliphatic hydroxyl groups is 1.